The number of carboxylic acid groups (broad SMARTS) is 1. The Morgan fingerprint density at radius 1 is 1.47 bits per heavy atom. The summed E-state index contributed by atoms with van der Waals surface area (Å²) in [6, 6.07) is 1.73. The van der Waals surface area contributed by atoms with Gasteiger partial charge >= 0.3 is 5.97 Å². The molecule has 1 N–H and O–H groups in total. The van der Waals surface area contributed by atoms with Gasteiger partial charge in [0, 0.05) is 5.56 Å². The van der Waals surface area contributed by atoms with Gasteiger partial charge in [-0.25, -0.2) is 4.79 Å². The highest BCUT2D eigenvalue weighted by Crippen LogP contribution is 2.25. The molecular formula is C15H20O4. The van der Waals surface area contributed by atoms with Crippen molar-refractivity contribution in [3.05, 3.63) is 35.3 Å². The number of ether oxygens (including phenoxy) is 1. The van der Waals surface area contributed by atoms with Gasteiger partial charge in [0.15, 0.2) is 0 Å². The first-order valence-electron chi connectivity index (χ1n) is 6.63. The van der Waals surface area contributed by atoms with Gasteiger partial charge in [-0.2, -0.15) is 0 Å². The third kappa shape index (κ3) is 3.47. The number of allylic oxidation sites excluding steroid dienone is 2. The summed E-state index contributed by atoms with van der Waals surface area (Å²) in [5.74, 6) is 0.731. The number of aromatic carboxylic acids is 1. The highest BCUT2D eigenvalue weighted by Gasteiger charge is 2.19. The predicted octanol–water partition coefficient (Wildman–Crippen LogP) is 3.41. The fourth-order valence-corrected chi connectivity index (χ4v) is 2.38. The lowest BCUT2D eigenvalue weighted by molar-refractivity contribution is 0.0544. The van der Waals surface area contributed by atoms with Gasteiger partial charge in [-0.15, -0.1) is 0 Å². The van der Waals surface area contributed by atoms with Crippen LogP contribution in [0.25, 0.3) is 0 Å². The monoisotopic (exact) mass is 264 g/mol. The average Bonchev–Trinajstić information content (AvgIpc) is 2.73. The normalized spacial score (nSPS) is 22.6. The van der Waals surface area contributed by atoms with Crippen molar-refractivity contribution >= 4 is 5.97 Å². The molecule has 19 heavy (non-hydrogen) atoms. The molecule has 0 spiro atoms. The van der Waals surface area contributed by atoms with Crippen LogP contribution < -0.4 is 0 Å². The van der Waals surface area contributed by atoms with Crippen molar-refractivity contribution in [2.75, 3.05) is 6.61 Å². The minimum atomic E-state index is -1.03. The molecule has 0 amide bonds. The first-order valence-corrected chi connectivity index (χ1v) is 6.63. The average molecular weight is 264 g/mol. The van der Waals surface area contributed by atoms with E-state index in [0.717, 1.165) is 12.8 Å². The van der Waals surface area contributed by atoms with Gasteiger partial charge < -0.3 is 14.3 Å². The molecule has 1 aromatic heterocycles. The van der Waals surface area contributed by atoms with Crippen LogP contribution >= 0.6 is 0 Å². The van der Waals surface area contributed by atoms with E-state index in [4.69, 9.17) is 14.3 Å². The molecule has 4 heteroatoms. The lowest BCUT2D eigenvalue weighted by Crippen LogP contribution is -2.19. The molecule has 2 atom stereocenters. The Morgan fingerprint density at radius 3 is 2.84 bits per heavy atom. The van der Waals surface area contributed by atoms with E-state index in [1.54, 1.807) is 13.0 Å². The molecule has 2 unspecified atom stereocenters. The summed E-state index contributed by atoms with van der Waals surface area (Å²) in [6.45, 7) is 4.98. The maximum absolute atomic E-state index is 10.9. The van der Waals surface area contributed by atoms with Crippen molar-refractivity contribution < 1.29 is 19.1 Å². The van der Waals surface area contributed by atoms with Crippen molar-refractivity contribution in [3.63, 3.8) is 0 Å². The molecule has 1 aromatic rings. The number of hydrogen-bond donors (Lipinski definition) is 1. The topological polar surface area (TPSA) is 59.7 Å². The van der Waals surface area contributed by atoms with E-state index in [0.29, 0.717) is 36.4 Å². The van der Waals surface area contributed by atoms with E-state index >= 15 is 0 Å². The largest absolute Gasteiger partial charge is 0.475 e. The second-order valence-corrected chi connectivity index (χ2v) is 5.23. The number of carbonyl (C=O) groups is 1. The molecular weight excluding hydrogens is 244 g/mol. The summed E-state index contributed by atoms with van der Waals surface area (Å²) >= 11 is 0. The Morgan fingerprint density at radius 2 is 2.21 bits per heavy atom. The summed E-state index contributed by atoms with van der Waals surface area (Å²) in [6.07, 6.45) is 6.58. The Balaban J connectivity index is 1.84. The minimum absolute atomic E-state index is 0.00701. The summed E-state index contributed by atoms with van der Waals surface area (Å²) < 4.78 is 10.9. The summed E-state index contributed by atoms with van der Waals surface area (Å²) in [5, 5.41) is 8.90. The number of hydrogen-bond acceptors (Lipinski definition) is 3. The van der Waals surface area contributed by atoms with Crippen LogP contribution in [0.3, 0.4) is 0 Å². The van der Waals surface area contributed by atoms with Gasteiger partial charge in [-0.1, -0.05) is 19.1 Å². The van der Waals surface area contributed by atoms with Crippen molar-refractivity contribution in [2.24, 2.45) is 11.8 Å². The lowest BCUT2D eigenvalue weighted by Gasteiger charge is -2.24. The van der Waals surface area contributed by atoms with Crippen LogP contribution in [0, 0.1) is 18.8 Å². The van der Waals surface area contributed by atoms with Crippen molar-refractivity contribution in [3.8, 4) is 0 Å². The number of aryl methyl sites for hydroxylation is 1. The van der Waals surface area contributed by atoms with Crippen LogP contribution in [0.5, 0.6) is 0 Å². The Bertz CT molecular complexity index is 472. The highest BCUT2D eigenvalue weighted by atomic mass is 16.5. The van der Waals surface area contributed by atoms with E-state index in [-0.39, 0.29) is 5.76 Å². The zero-order chi connectivity index (χ0) is 13.8. The van der Waals surface area contributed by atoms with Crippen LogP contribution in [0.2, 0.25) is 0 Å². The Labute approximate surface area is 113 Å². The van der Waals surface area contributed by atoms with Gasteiger partial charge in [-0.3, -0.25) is 0 Å². The molecule has 0 saturated carbocycles. The fraction of sp³-hybridized carbons (Fsp3) is 0.533. The van der Waals surface area contributed by atoms with Crippen molar-refractivity contribution in [2.45, 2.75) is 33.3 Å². The molecule has 0 aromatic carbocycles. The van der Waals surface area contributed by atoms with Crippen LogP contribution in [-0.4, -0.2) is 17.7 Å². The van der Waals surface area contributed by atoms with E-state index in [1.165, 1.54) is 0 Å². The summed E-state index contributed by atoms with van der Waals surface area (Å²) in [4.78, 5) is 10.9. The molecule has 1 aliphatic carbocycles. The highest BCUT2D eigenvalue weighted by molar-refractivity contribution is 5.86. The van der Waals surface area contributed by atoms with Crippen LogP contribution in [-0.2, 0) is 11.3 Å². The number of rotatable bonds is 5. The SMILES string of the molecule is Cc1cc(COCC2CC=CCC2C)oc1C(=O)O. The van der Waals surface area contributed by atoms with Crippen LogP contribution in [0.15, 0.2) is 22.6 Å². The molecule has 104 valence electrons. The van der Waals surface area contributed by atoms with E-state index < -0.39 is 5.97 Å². The molecule has 4 nitrogen and oxygen atoms in total. The predicted molar refractivity (Wildman–Crippen MR) is 71.1 cm³/mol. The summed E-state index contributed by atoms with van der Waals surface area (Å²) in [7, 11) is 0. The zero-order valence-electron chi connectivity index (χ0n) is 11.4. The third-order valence-electron chi connectivity index (χ3n) is 3.66. The molecule has 2 rings (SSSR count). The molecule has 1 aliphatic rings. The van der Waals surface area contributed by atoms with Gasteiger partial charge in [-0.05, 0) is 37.7 Å². The van der Waals surface area contributed by atoms with Crippen molar-refractivity contribution in [1.82, 2.24) is 0 Å². The third-order valence-corrected chi connectivity index (χ3v) is 3.66. The van der Waals surface area contributed by atoms with E-state index in [1.807, 2.05) is 0 Å². The van der Waals surface area contributed by atoms with Crippen LogP contribution in [0.4, 0.5) is 0 Å². The quantitative estimate of drug-likeness (QED) is 0.828. The van der Waals surface area contributed by atoms with Gasteiger partial charge in [0.05, 0.1) is 6.61 Å². The molecule has 0 aliphatic heterocycles. The standard InChI is InChI=1S/C15H20O4/c1-10-5-3-4-6-12(10)8-18-9-13-7-11(2)14(19-13)15(16)17/h3-4,7,10,12H,5-6,8-9H2,1-2H3,(H,16,17). The zero-order valence-corrected chi connectivity index (χ0v) is 11.4. The number of carboxylic acids is 1. The lowest BCUT2D eigenvalue weighted by atomic mass is 9.85. The minimum Gasteiger partial charge on any atom is -0.475 e. The van der Waals surface area contributed by atoms with Gasteiger partial charge in [0.2, 0.25) is 5.76 Å². The molecule has 1 heterocycles. The second kappa shape index (κ2) is 6.06. The van der Waals surface area contributed by atoms with Crippen LogP contribution in [0.1, 0.15) is 41.6 Å². The maximum atomic E-state index is 10.9. The maximum Gasteiger partial charge on any atom is 0.372 e. The number of furan rings is 1. The molecule has 0 fully saturated rings. The molecule has 0 saturated heterocycles. The van der Waals surface area contributed by atoms with E-state index in [2.05, 4.69) is 19.1 Å². The fourth-order valence-electron chi connectivity index (χ4n) is 2.38. The van der Waals surface area contributed by atoms with Gasteiger partial charge in [0.1, 0.15) is 12.4 Å². The Hall–Kier alpha value is -1.55. The summed E-state index contributed by atoms with van der Waals surface area (Å²) in [5.41, 5.74) is 0.639. The Kier molecular flexibility index (Phi) is 4.43. The van der Waals surface area contributed by atoms with Gasteiger partial charge in [0.25, 0.3) is 0 Å². The first-order chi connectivity index (χ1) is 9.08. The first kappa shape index (κ1) is 13.9. The second-order valence-electron chi connectivity index (χ2n) is 5.23. The van der Waals surface area contributed by atoms with E-state index in [9.17, 15) is 4.79 Å². The molecule has 0 bridgehead atoms. The smallest absolute Gasteiger partial charge is 0.372 e. The van der Waals surface area contributed by atoms with Crippen molar-refractivity contribution in [1.29, 1.82) is 0 Å². The molecule has 0 radical (unpaired) electrons.